The highest BCUT2D eigenvalue weighted by Crippen LogP contribution is 2.15. The zero-order valence-electron chi connectivity index (χ0n) is 12.3. The number of carbonyl (C=O) groups is 1. The highest BCUT2D eigenvalue weighted by Gasteiger charge is 2.17. The van der Waals surface area contributed by atoms with Crippen LogP contribution in [0.1, 0.15) is 31.0 Å². The molecule has 0 heterocycles. The smallest absolute Gasteiger partial charge is 0.223 e. The zero-order valence-corrected chi connectivity index (χ0v) is 12.3. The maximum atomic E-state index is 13.6. The zero-order chi connectivity index (χ0) is 15.2. The van der Waals surface area contributed by atoms with E-state index in [0.29, 0.717) is 12.0 Å². The van der Waals surface area contributed by atoms with Crippen molar-refractivity contribution >= 4 is 5.91 Å². The monoisotopic (exact) mass is 285 g/mol. The first-order chi connectivity index (χ1) is 10.1. The number of halogens is 1. The van der Waals surface area contributed by atoms with Gasteiger partial charge in [0.2, 0.25) is 5.91 Å². The number of nitrogens with one attached hydrogen (secondary N) is 1. The summed E-state index contributed by atoms with van der Waals surface area (Å²) in [6.07, 6.45) is 0.403. The Bertz CT molecular complexity index is 597. The molecule has 2 atom stereocenters. The van der Waals surface area contributed by atoms with Gasteiger partial charge in [0.15, 0.2) is 0 Å². The van der Waals surface area contributed by atoms with Crippen LogP contribution in [-0.4, -0.2) is 5.91 Å². The van der Waals surface area contributed by atoms with Crippen molar-refractivity contribution in [1.29, 1.82) is 0 Å². The van der Waals surface area contributed by atoms with Gasteiger partial charge in [-0.1, -0.05) is 55.5 Å². The topological polar surface area (TPSA) is 29.1 Å². The largest absolute Gasteiger partial charge is 0.349 e. The van der Waals surface area contributed by atoms with Crippen molar-refractivity contribution < 1.29 is 9.18 Å². The summed E-state index contributed by atoms with van der Waals surface area (Å²) >= 11 is 0. The molecular weight excluding hydrogens is 265 g/mol. The third-order valence-electron chi connectivity index (χ3n) is 3.59. The number of hydrogen-bond donors (Lipinski definition) is 1. The fraction of sp³-hybridized carbons (Fsp3) is 0.278. The highest BCUT2D eigenvalue weighted by molar-refractivity contribution is 5.79. The average Bonchev–Trinajstić information content (AvgIpc) is 2.50. The summed E-state index contributed by atoms with van der Waals surface area (Å²) in [5.74, 6) is -0.587. The molecule has 0 saturated heterocycles. The lowest BCUT2D eigenvalue weighted by Crippen LogP contribution is -2.32. The van der Waals surface area contributed by atoms with Gasteiger partial charge < -0.3 is 5.32 Å². The van der Waals surface area contributed by atoms with Crippen LogP contribution < -0.4 is 5.32 Å². The van der Waals surface area contributed by atoms with Gasteiger partial charge >= 0.3 is 0 Å². The maximum absolute atomic E-state index is 13.6. The summed E-state index contributed by atoms with van der Waals surface area (Å²) in [6, 6.07) is 16.3. The molecule has 2 rings (SSSR count). The quantitative estimate of drug-likeness (QED) is 0.887. The Morgan fingerprint density at radius 1 is 1.05 bits per heavy atom. The van der Waals surface area contributed by atoms with Crippen molar-refractivity contribution in [1.82, 2.24) is 5.32 Å². The van der Waals surface area contributed by atoms with Crippen LogP contribution in [0.3, 0.4) is 0 Å². The third-order valence-corrected chi connectivity index (χ3v) is 3.59. The number of rotatable bonds is 5. The molecule has 21 heavy (non-hydrogen) atoms. The molecular formula is C18H20FNO. The standard InChI is InChI=1S/C18H20FNO/c1-13(12-16-10-6-7-11-17(16)19)18(21)20-14(2)15-8-4-3-5-9-15/h3-11,13-14H,12H2,1-2H3,(H,20,21). The molecule has 1 N–H and O–H groups in total. The molecule has 0 aliphatic carbocycles. The summed E-state index contributed by atoms with van der Waals surface area (Å²) < 4.78 is 13.6. The summed E-state index contributed by atoms with van der Waals surface area (Å²) in [5, 5.41) is 2.97. The molecule has 110 valence electrons. The highest BCUT2D eigenvalue weighted by atomic mass is 19.1. The van der Waals surface area contributed by atoms with E-state index in [1.807, 2.05) is 44.2 Å². The van der Waals surface area contributed by atoms with E-state index in [2.05, 4.69) is 5.32 Å². The summed E-state index contributed by atoms with van der Waals surface area (Å²) in [4.78, 5) is 12.2. The van der Waals surface area contributed by atoms with Crippen LogP contribution in [0.2, 0.25) is 0 Å². The molecule has 0 spiro atoms. The Morgan fingerprint density at radius 2 is 1.67 bits per heavy atom. The number of carbonyl (C=O) groups excluding carboxylic acids is 1. The lowest BCUT2D eigenvalue weighted by Gasteiger charge is -2.18. The van der Waals surface area contributed by atoms with Gasteiger partial charge in [0.05, 0.1) is 6.04 Å². The van der Waals surface area contributed by atoms with Gasteiger partial charge in [-0.2, -0.15) is 0 Å². The lowest BCUT2D eigenvalue weighted by molar-refractivity contribution is -0.125. The Kier molecular flexibility index (Phi) is 5.09. The molecule has 2 unspecified atom stereocenters. The molecule has 2 aromatic rings. The predicted molar refractivity (Wildman–Crippen MR) is 82.3 cm³/mol. The average molecular weight is 285 g/mol. The SMILES string of the molecule is CC(Cc1ccccc1F)C(=O)NC(C)c1ccccc1. The van der Waals surface area contributed by atoms with Crippen LogP contribution in [0.4, 0.5) is 4.39 Å². The van der Waals surface area contributed by atoms with E-state index in [9.17, 15) is 9.18 Å². The minimum absolute atomic E-state index is 0.0539. The van der Waals surface area contributed by atoms with Crippen LogP contribution in [0.25, 0.3) is 0 Å². The fourth-order valence-electron chi connectivity index (χ4n) is 2.27. The predicted octanol–water partition coefficient (Wildman–Crippen LogP) is 3.88. The Morgan fingerprint density at radius 3 is 2.33 bits per heavy atom. The van der Waals surface area contributed by atoms with Crippen molar-refractivity contribution in [2.24, 2.45) is 5.92 Å². The molecule has 1 amide bonds. The molecule has 0 aromatic heterocycles. The maximum Gasteiger partial charge on any atom is 0.223 e. The van der Waals surface area contributed by atoms with Gasteiger partial charge in [0.1, 0.15) is 5.82 Å². The number of hydrogen-bond acceptors (Lipinski definition) is 1. The molecule has 0 bridgehead atoms. The van der Waals surface area contributed by atoms with E-state index < -0.39 is 0 Å². The lowest BCUT2D eigenvalue weighted by atomic mass is 9.99. The summed E-state index contributed by atoms with van der Waals surface area (Å²) in [5.41, 5.74) is 1.64. The molecule has 2 aromatic carbocycles. The van der Waals surface area contributed by atoms with Crippen LogP contribution in [0.5, 0.6) is 0 Å². The Labute approximate surface area is 125 Å². The minimum Gasteiger partial charge on any atom is -0.349 e. The van der Waals surface area contributed by atoms with Gasteiger partial charge in [-0.25, -0.2) is 4.39 Å². The molecule has 0 radical (unpaired) electrons. The molecule has 3 heteroatoms. The normalized spacial score (nSPS) is 13.5. The first-order valence-electron chi connectivity index (χ1n) is 7.16. The van der Waals surface area contributed by atoms with Crippen LogP contribution in [-0.2, 0) is 11.2 Å². The number of amides is 1. The fourth-order valence-corrected chi connectivity index (χ4v) is 2.27. The van der Waals surface area contributed by atoms with Gasteiger partial charge in [-0.15, -0.1) is 0 Å². The van der Waals surface area contributed by atoms with E-state index in [1.165, 1.54) is 6.07 Å². The van der Waals surface area contributed by atoms with E-state index in [0.717, 1.165) is 5.56 Å². The van der Waals surface area contributed by atoms with Crippen molar-refractivity contribution in [3.63, 3.8) is 0 Å². The van der Waals surface area contributed by atoms with Crippen LogP contribution in [0.15, 0.2) is 54.6 Å². The first-order valence-corrected chi connectivity index (χ1v) is 7.16. The summed E-state index contributed by atoms with van der Waals surface area (Å²) in [7, 11) is 0. The van der Waals surface area contributed by atoms with Gasteiger partial charge in [0.25, 0.3) is 0 Å². The van der Waals surface area contributed by atoms with E-state index in [1.54, 1.807) is 18.2 Å². The third kappa shape index (κ3) is 4.15. The van der Waals surface area contributed by atoms with E-state index >= 15 is 0 Å². The second-order valence-corrected chi connectivity index (χ2v) is 5.34. The second kappa shape index (κ2) is 7.02. The first kappa shape index (κ1) is 15.2. The van der Waals surface area contributed by atoms with Crippen molar-refractivity contribution in [3.05, 3.63) is 71.5 Å². The van der Waals surface area contributed by atoms with Crippen molar-refractivity contribution in [2.75, 3.05) is 0 Å². The van der Waals surface area contributed by atoms with Crippen molar-refractivity contribution in [3.8, 4) is 0 Å². The van der Waals surface area contributed by atoms with Crippen LogP contribution in [0, 0.1) is 11.7 Å². The molecule has 0 fully saturated rings. The minimum atomic E-state index is -0.270. The van der Waals surface area contributed by atoms with E-state index in [-0.39, 0.29) is 23.7 Å². The van der Waals surface area contributed by atoms with Gasteiger partial charge in [0, 0.05) is 5.92 Å². The Balaban J connectivity index is 1.95. The van der Waals surface area contributed by atoms with Crippen LogP contribution >= 0.6 is 0 Å². The van der Waals surface area contributed by atoms with E-state index in [4.69, 9.17) is 0 Å². The van der Waals surface area contributed by atoms with Crippen molar-refractivity contribution in [2.45, 2.75) is 26.3 Å². The molecule has 0 aliphatic heterocycles. The molecule has 0 saturated carbocycles. The Hall–Kier alpha value is -2.16. The van der Waals surface area contributed by atoms with Gasteiger partial charge in [-0.3, -0.25) is 4.79 Å². The second-order valence-electron chi connectivity index (χ2n) is 5.34. The summed E-state index contributed by atoms with van der Waals surface area (Å²) in [6.45, 7) is 3.77. The molecule has 2 nitrogen and oxygen atoms in total. The molecule has 0 aliphatic rings. The van der Waals surface area contributed by atoms with Gasteiger partial charge in [-0.05, 0) is 30.5 Å². The number of benzene rings is 2.